The van der Waals surface area contributed by atoms with Crippen molar-refractivity contribution < 1.29 is 13.9 Å². The standard InChI is InChI=1S/C15H14N2O3/c1-11-3-2-4-12(9-11)14-16-13(10-20-14)15(18)17-5-7-19-8-6-17/h1-4,9-10H,5-8H2. The van der Waals surface area contributed by atoms with Gasteiger partial charge in [-0.25, -0.2) is 4.98 Å². The Labute approximate surface area is 117 Å². The van der Waals surface area contributed by atoms with Crippen molar-refractivity contribution in [2.75, 3.05) is 26.3 Å². The highest BCUT2D eigenvalue weighted by atomic mass is 16.5. The topological polar surface area (TPSA) is 55.6 Å². The molecule has 1 aromatic heterocycles. The summed E-state index contributed by atoms with van der Waals surface area (Å²) in [5.74, 6) is 0.265. The number of oxazole rings is 1. The first kappa shape index (κ1) is 12.9. The number of ether oxygens (including phenoxy) is 1. The molecule has 1 aliphatic heterocycles. The largest absolute Gasteiger partial charge is 0.444 e. The second kappa shape index (κ2) is 5.46. The Hall–Kier alpha value is -2.14. The van der Waals surface area contributed by atoms with Gasteiger partial charge in [-0.1, -0.05) is 12.1 Å². The summed E-state index contributed by atoms with van der Waals surface area (Å²) in [6.07, 6.45) is 1.39. The van der Waals surface area contributed by atoms with Crippen LogP contribution in [0.2, 0.25) is 0 Å². The van der Waals surface area contributed by atoms with Gasteiger partial charge in [0.05, 0.1) is 13.2 Å². The number of carbonyl (C=O) groups is 1. The van der Waals surface area contributed by atoms with Crippen LogP contribution in [-0.4, -0.2) is 42.1 Å². The number of nitrogens with zero attached hydrogens (tertiary/aromatic N) is 2. The number of morpholine rings is 1. The van der Waals surface area contributed by atoms with Crippen LogP contribution in [-0.2, 0) is 4.74 Å². The molecule has 2 heterocycles. The minimum Gasteiger partial charge on any atom is -0.444 e. The molecule has 20 heavy (non-hydrogen) atoms. The molecule has 1 amide bonds. The molecular weight excluding hydrogens is 256 g/mol. The summed E-state index contributed by atoms with van der Waals surface area (Å²) >= 11 is 0. The molecule has 0 N–H and O–H groups in total. The van der Waals surface area contributed by atoms with Gasteiger partial charge in [0.2, 0.25) is 5.89 Å². The fourth-order valence-corrected chi connectivity index (χ4v) is 2.10. The van der Waals surface area contributed by atoms with Gasteiger partial charge in [0.15, 0.2) is 5.69 Å². The average Bonchev–Trinajstić information content (AvgIpc) is 2.97. The van der Waals surface area contributed by atoms with Crippen molar-refractivity contribution in [2.24, 2.45) is 0 Å². The lowest BCUT2D eigenvalue weighted by Gasteiger charge is -2.25. The van der Waals surface area contributed by atoms with Crippen LogP contribution in [0.4, 0.5) is 0 Å². The molecule has 0 saturated carbocycles. The molecule has 0 bridgehead atoms. The quantitative estimate of drug-likeness (QED) is 0.836. The smallest absolute Gasteiger partial charge is 0.275 e. The van der Waals surface area contributed by atoms with E-state index in [1.54, 1.807) is 17.0 Å². The average molecular weight is 270 g/mol. The molecule has 2 radical (unpaired) electrons. The molecule has 2 aromatic rings. The number of hydrogen-bond donors (Lipinski definition) is 0. The maximum absolute atomic E-state index is 12.2. The second-order valence-electron chi connectivity index (χ2n) is 4.57. The molecule has 0 spiro atoms. The summed E-state index contributed by atoms with van der Waals surface area (Å²) < 4.78 is 10.6. The van der Waals surface area contributed by atoms with Crippen molar-refractivity contribution in [3.8, 4) is 11.5 Å². The molecule has 1 aromatic carbocycles. The van der Waals surface area contributed by atoms with E-state index in [4.69, 9.17) is 16.1 Å². The van der Waals surface area contributed by atoms with E-state index >= 15 is 0 Å². The molecule has 1 fully saturated rings. The van der Waals surface area contributed by atoms with Gasteiger partial charge in [-0.2, -0.15) is 0 Å². The minimum atomic E-state index is -0.132. The van der Waals surface area contributed by atoms with Crippen LogP contribution in [0.25, 0.3) is 11.5 Å². The zero-order chi connectivity index (χ0) is 13.9. The van der Waals surface area contributed by atoms with Gasteiger partial charge in [-0.3, -0.25) is 4.79 Å². The Kier molecular flexibility index (Phi) is 3.52. The Morgan fingerprint density at radius 2 is 2.10 bits per heavy atom. The van der Waals surface area contributed by atoms with Crippen LogP contribution < -0.4 is 0 Å². The zero-order valence-electron chi connectivity index (χ0n) is 10.9. The van der Waals surface area contributed by atoms with E-state index in [-0.39, 0.29) is 5.91 Å². The van der Waals surface area contributed by atoms with Crippen molar-refractivity contribution in [3.05, 3.63) is 48.7 Å². The molecule has 5 heteroatoms. The summed E-state index contributed by atoms with van der Waals surface area (Å²) in [6.45, 7) is 8.01. The molecule has 102 valence electrons. The van der Waals surface area contributed by atoms with E-state index in [1.165, 1.54) is 6.26 Å². The van der Waals surface area contributed by atoms with Gasteiger partial charge >= 0.3 is 0 Å². The molecule has 3 rings (SSSR count). The van der Waals surface area contributed by atoms with Gasteiger partial charge in [-0.15, -0.1) is 0 Å². The van der Waals surface area contributed by atoms with Crippen LogP contribution >= 0.6 is 0 Å². The van der Waals surface area contributed by atoms with Crippen molar-refractivity contribution in [3.63, 3.8) is 0 Å². The van der Waals surface area contributed by atoms with Gasteiger partial charge in [0.25, 0.3) is 5.91 Å². The predicted octanol–water partition coefficient (Wildman–Crippen LogP) is 1.87. The Bertz CT molecular complexity index is 615. The molecule has 1 saturated heterocycles. The molecule has 1 aliphatic rings. The molecule has 0 aliphatic carbocycles. The number of aromatic nitrogens is 1. The summed E-state index contributed by atoms with van der Waals surface area (Å²) in [5, 5.41) is 0. The van der Waals surface area contributed by atoms with Gasteiger partial charge in [0.1, 0.15) is 6.26 Å². The van der Waals surface area contributed by atoms with E-state index in [2.05, 4.69) is 4.98 Å². The monoisotopic (exact) mass is 270 g/mol. The second-order valence-corrected chi connectivity index (χ2v) is 4.57. The third-order valence-corrected chi connectivity index (χ3v) is 3.16. The maximum atomic E-state index is 12.2. The van der Waals surface area contributed by atoms with Gasteiger partial charge in [0, 0.05) is 18.7 Å². The van der Waals surface area contributed by atoms with Crippen LogP contribution in [0.15, 0.2) is 34.9 Å². The SMILES string of the molecule is [CH]c1cccc(-c2nc(C(=O)N3CCOCC3)co2)c1. The van der Waals surface area contributed by atoms with Crippen molar-refractivity contribution in [2.45, 2.75) is 0 Å². The minimum absolute atomic E-state index is 0.132. The third-order valence-electron chi connectivity index (χ3n) is 3.16. The molecule has 5 nitrogen and oxygen atoms in total. The van der Waals surface area contributed by atoms with Crippen LogP contribution in [0.3, 0.4) is 0 Å². The van der Waals surface area contributed by atoms with E-state index in [0.29, 0.717) is 43.5 Å². The van der Waals surface area contributed by atoms with Crippen molar-refractivity contribution >= 4 is 5.91 Å². The fraction of sp³-hybridized carbons (Fsp3) is 0.267. The molecular formula is C15H14N2O3. The first-order chi connectivity index (χ1) is 9.74. The molecule has 0 unspecified atom stereocenters. The number of amides is 1. The predicted molar refractivity (Wildman–Crippen MR) is 72.1 cm³/mol. The fourth-order valence-electron chi connectivity index (χ4n) is 2.10. The third kappa shape index (κ3) is 2.58. The van der Waals surface area contributed by atoms with E-state index in [1.807, 2.05) is 12.1 Å². The highest BCUT2D eigenvalue weighted by Crippen LogP contribution is 2.20. The van der Waals surface area contributed by atoms with Crippen LogP contribution in [0, 0.1) is 6.92 Å². The lowest BCUT2D eigenvalue weighted by atomic mass is 10.1. The van der Waals surface area contributed by atoms with Crippen LogP contribution in [0.1, 0.15) is 16.1 Å². The first-order valence-electron chi connectivity index (χ1n) is 6.42. The first-order valence-corrected chi connectivity index (χ1v) is 6.42. The normalized spacial score (nSPS) is 15.3. The Morgan fingerprint density at radius 1 is 1.30 bits per heavy atom. The molecule has 0 atom stereocenters. The van der Waals surface area contributed by atoms with Gasteiger partial charge in [-0.05, 0) is 24.6 Å². The summed E-state index contributed by atoms with van der Waals surface area (Å²) in [5.41, 5.74) is 1.69. The van der Waals surface area contributed by atoms with Gasteiger partial charge < -0.3 is 14.1 Å². The summed E-state index contributed by atoms with van der Waals surface area (Å²) in [4.78, 5) is 18.2. The van der Waals surface area contributed by atoms with Crippen LogP contribution in [0.5, 0.6) is 0 Å². The summed E-state index contributed by atoms with van der Waals surface area (Å²) in [6, 6.07) is 7.20. The number of rotatable bonds is 2. The van der Waals surface area contributed by atoms with E-state index in [0.717, 1.165) is 5.56 Å². The lowest BCUT2D eigenvalue weighted by Crippen LogP contribution is -2.40. The number of carbonyl (C=O) groups excluding carboxylic acids is 1. The Balaban J connectivity index is 1.81. The van der Waals surface area contributed by atoms with E-state index in [9.17, 15) is 4.79 Å². The zero-order valence-corrected chi connectivity index (χ0v) is 10.9. The highest BCUT2D eigenvalue weighted by molar-refractivity contribution is 5.92. The summed E-state index contributed by atoms with van der Waals surface area (Å²) in [7, 11) is 0. The van der Waals surface area contributed by atoms with E-state index < -0.39 is 0 Å². The number of hydrogen-bond acceptors (Lipinski definition) is 4. The highest BCUT2D eigenvalue weighted by Gasteiger charge is 2.21. The number of benzene rings is 1. The Morgan fingerprint density at radius 3 is 2.85 bits per heavy atom. The van der Waals surface area contributed by atoms with Crippen molar-refractivity contribution in [1.82, 2.24) is 9.88 Å². The maximum Gasteiger partial charge on any atom is 0.275 e. The lowest BCUT2D eigenvalue weighted by molar-refractivity contribution is 0.0299. The van der Waals surface area contributed by atoms with Crippen molar-refractivity contribution in [1.29, 1.82) is 0 Å².